The first-order chi connectivity index (χ1) is 6.70. The third kappa shape index (κ3) is 3.15. The zero-order valence-electron chi connectivity index (χ0n) is 7.55. The fourth-order valence-corrected chi connectivity index (χ4v) is 0.898. The van der Waals surface area contributed by atoms with Crippen molar-refractivity contribution < 1.29 is 9.90 Å². The lowest BCUT2D eigenvalue weighted by molar-refractivity contribution is -0.132. The van der Waals surface area contributed by atoms with Crippen molar-refractivity contribution in [3.05, 3.63) is 53.7 Å². The van der Waals surface area contributed by atoms with E-state index in [4.69, 9.17) is 10.8 Å². The average Bonchev–Trinajstić information content (AvgIpc) is 2.19. The maximum atomic E-state index is 10.3. The molecule has 0 aliphatic heterocycles. The maximum absolute atomic E-state index is 10.3. The number of aliphatic carboxylic acids is 1. The van der Waals surface area contributed by atoms with E-state index in [1.54, 1.807) is 12.2 Å². The zero-order valence-corrected chi connectivity index (χ0v) is 7.55. The van der Waals surface area contributed by atoms with Crippen LogP contribution in [0, 0.1) is 0 Å². The van der Waals surface area contributed by atoms with Crippen molar-refractivity contribution >= 4 is 12.0 Å². The van der Waals surface area contributed by atoms with E-state index in [-0.39, 0.29) is 5.70 Å². The predicted molar refractivity (Wildman–Crippen MR) is 55.4 cm³/mol. The van der Waals surface area contributed by atoms with Gasteiger partial charge in [0.25, 0.3) is 0 Å². The first-order valence-corrected chi connectivity index (χ1v) is 4.12. The van der Waals surface area contributed by atoms with Gasteiger partial charge < -0.3 is 10.8 Å². The van der Waals surface area contributed by atoms with E-state index in [0.717, 1.165) is 5.56 Å². The third-order valence-electron chi connectivity index (χ3n) is 1.61. The topological polar surface area (TPSA) is 63.3 Å². The Morgan fingerprint density at radius 1 is 1.29 bits per heavy atom. The van der Waals surface area contributed by atoms with Gasteiger partial charge >= 0.3 is 5.97 Å². The number of carboxylic acids is 1. The summed E-state index contributed by atoms with van der Waals surface area (Å²) in [6.45, 7) is 0. The molecule has 72 valence electrons. The molecular weight excluding hydrogens is 178 g/mol. The second-order valence-electron chi connectivity index (χ2n) is 2.70. The van der Waals surface area contributed by atoms with E-state index < -0.39 is 5.97 Å². The van der Waals surface area contributed by atoms with Crippen molar-refractivity contribution in [2.75, 3.05) is 0 Å². The van der Waals surface area contributed by atoms with Crippen LogP contribution < -0.4 is 5.73 Å². The summed E-state index contributed by atoms with van der Waals surface area (Å²) in [6, 6.07) is 9.56. The highest BCUT2D eigenvalue weighted by atomic mass is 16.4. The lowest BCUT2D eigenvalue weighted by Gasteiger charge is -1.90. The second-order valence-corrected chi connectivity index (χ2v) is 2.70. The molecular formula is C11H11NO2. The van der Waals surface area contributed by atoms with Gasteiger partial charge in [0.2, 0.25) is 0 Å². The van der Waals surface area contributed by atoms with Gasteiger partial charge in [0.15, 0.2) is 0 Å². The van der Waals surface area contributed by atoms with Gasteiger partial charge in [-0.05, 0) is 11.6 Å². The highest BCUT2D eigenvalue weighted by Gasteiger charge is 1.96. The monoisotopic (exact) mass is 189 g/mol. The van der Waals surface area contributed by atoms with Crippen LogP contribution in [0.25, 0.3) is 6.08 Å². The van der Waals surface area contributed by atoms with Crippen LogP contribution in [0.15, 0.2) is 48.2 Å². The highest BCUT2D eigenvalue weighted by molar-refractivity contribution is 5.85. The van der Waals surface area contributed by atoms with Gasteiger partial charge in [-0.25, -0.2) is 4.79 Å². The fraction of sp³-hybridized carbons (Fsp3) is 0. The Hall–Kier alpha value is -2.03. The van der Waals surface area contributed by atoms with E-state index in [9.17, 15) is 4.79 Å². The van der Waals surface area contributed by atoms with Crippen molar-refractivity contribution in [3.8, 4) is 0 Å². The molecule has 3 heteroatoms. The molecule has 0 fully saturated rings. The summed E-state index contributed by atoms with van der Waals surface area (Å²) in [7, 11) is 0. The number of carbonyl (C=O) groups is 1. The molecule has 0 bridgehead atoms. The summed E-state index contributed by atoms with van der Waals surface area (Å²) in [5, 5.41) is 8.45. The molecule has 1 aromatic carbocycles. The molecule has 0 atom stereocenters. The fourth-order valence-electron chi connectivity index (χ4n) is 0.898. The van der Waals surface area contributed by atoms with Crippen molar-refractivity contribution in [3.63, 3.8) is 0 Å². The molecule has 0 amide bonds. The van der Waals surface area contributed by atoms with Crippen LogP contribution in [0.1, 0.15) is 5.56 Å². The molecule has 0 saturated heterocycles. The minimum absolute atomic E-state index is 0.169. The minimum Gasteiger partial charge on any atom is -0.477 e. The third-order valence-corrected chi connectivity index (χ3v) is 1.61. The Kier molecular flexibility index (Phi) is 3.49. The van der Waals surface area contributed by atoms with Crippen molar-refractivity contribution in [2.45, 2.75) is 0 Å². The minimum atomic E-state index is -1.11. The molecule has 0 aliphatic rings. The van der Waals surface area contributed by atoms with Crippen LogP contribution in [0.3, 0.4) is 0 Å². The number of allylic oxidation sites excluding steroid dienone is 2. The van der Waals surface area contributed by atoms with Gasteiger partial charge in [-0.15, -0.1) is 0 Å². The van der Waals surface area contributed by atoms with Gasteiger partial charge in [0, 0.05) is 0 Å². The number of rotatable bonds is 3. The average molecular weight is 189 g/mol. The van der Waals surface area contributed by atoms with Crippen LogP contribution in [-0.4, -0.2) is 11.1 Å². The molecule has 14 heavy (non-hydrogen) atoms. The highest BCUT2D eigenvalue weighted by Crippen LogP contribution is 2.01. The molecule has 0 aliphatic carbocycles. The molecule has 0 heterocycles. The molecule has 0 spiro atoms. The van der Waals surface area contributed by atoms with Gasteiger partial charge in [0.05, 0.1) is 0 Å². The lowest BCUT2D eigenvalue weighted by atomic mass is 10.2. The SMILES string of the molecule is N/C(=C\C=C\c1ccccc1)C(=O)O. The van der Waals surface area contributed by atoms with Crippen LogP contribution in [0.4, 0.5) is 0 Å². The van der Waals surface area contributed by atoms with Gasteiger partial charge in [0.1, 0.15) is 5.70 Å². The van der Waals surface area contributed by atoms with Crippen LogP contribution in [0.2, 0.25) is 0 Å². The largest absolute Gasteiger partial charge is 0.477 e. The Morgan fingerprint density at radius 2 is 1.93 bits per heavy atom. The lowest BCUT2D eigenvalue weighted by Crippen LogP contribution is -2.08. The van der Waals surface area contributed by atoms with Crippen molar-refractivity contribution in [1.82, 2.24) is 0 Å². The Balaban J connectivity index is 2.66. The number of hydrogen-bond donors (Lipinski definition) is 2. The van der Waals surface area contributed by atoms with Crippen molar-refractivity contribution in [1.29, 1.82) is 0 Å². The summed E-state index contributed by atoms with van der Waals surface area (Å²) < 4.78 is 0. The Morgan fingerprint density at radius 3 is 2.50 bits per heavy atom. The smallest absolute Gasteiger partial charge is 0.351 e. The van der Waals surface area contributed by atoms with Gasteiger partial charge in [-0.2, -0.15) is 0 Å². The van der Waals surface area contributed by atoms with Gasteiger partial charge in [-0.1, -0.05) is 42.5 Å². The molecule has 0 saturated carbocycles. The quantitative estimate of drug-likeness (QED) is 0.561. The normalized spacial score (nSPS) is 11.9. The van der Waals surface area contributed by atoms with Crippen LogP contribution in [-0.2, 0) is 4.79 Å². The zero-order chi connectivity index (χ0) is 10.4. The molecule has 3 N–H and O–H groups in total. The van der Waals surface area contributed by atoms with E-state index in [2.05, 4.69) is 0 Å². The summed E-state index contributed by atoms with van der Waals surface area (Å²) >= 11 is 0. The van der Waals surface area contributed by atoms with E-state index >= 15 is 0 Å². The summed E-state index contributed by atoms with van der Waals surface area (Å²) in [4.78, 5) is 10.3. The maximum Gasteiger partial charge on any atom is 0.351 e. The van der Waals surface area contributed by atoms with E-state index in [1.165, 1.54) is 6.08 Å². The van der Waals surface area contributed by atoms with E-state index in [1.807, 2.05) is 30.3 Å². The van der Waals surface area contributed by atoms with Crippen LogP contribution >= 0.6 is 0 Å². The van der Waals surface area contributed by atoms with Crippen LogP contribution in [0.5, 0.6) is 0 Å². The van der Waals surface area contributed by atoms with Crippen molar-refractivity contribution in [2.24, 2.45) is 5.73 Å². The second kappa shape index (κ2) is 4.87. The Labute approximate surface area is 82.2 Å². The summed E-state index contributed by atoms with van der Waals surface area (Å²) in [6.07, 6.45) is 4.75. The molecule has 0 aromatic heterocycles. The molecule has 0 unspecified atom stereocenters. The molecule has 3 nitrogen and oxygen atoms in total. The summed E-state index contributed by atoms with van der Waals surface area (Å²) in [5.74, 6) is -1.11. The number of benzene rings is 1. The molecule has 1 rings (SSSR count). The number of carboxylic acid groups (broad SMARTS) is 1. The first-order valence-electron chi connectivity index (χ1n) is 4.12. The summed E-state index contributed by atoms with van der Waals surface area (Å²) in [5.41, 5.74) is 6.02. The number of hydrogen-bond acceptors (Lipinski definition) is 2. The predicted octanol–water partition coefficient (Wildman–Crippen LogP) is 1.63. The standard InChI is InChI=1S/C11H11NO2/c12-10(11(13)14)8-4-7-9-5-2-1-3-6-9/h1-8H,12H2,(H,13,14)/b7-4+,10-8-. The van der Waals surface area contributed by atoms with Gasteiger partial charge in [-0.3, -0.25) is 0 Å². The molecule has 1 aromatic rings. The first kappa shape index (κ1) is 10.1. The Bertz CT molecular complexity index is 366. The van der Waals surface area contributed by atoms with E-state index in [0.29, 0.717) is 0 Å². The number of nitrogens with two attached hydrogens (primary N) is 1. The molecule has 0 radical (unpaired) electrons.